The van der Waals surface area contributed by atoms with Gasteiger partial charge in [0, 0.05) is 19.1 Å². The summed E-state index contributed by atoms with van der Waals surface area (Å²) in [6.07, 6.45) is 2.81. The molecule has 0 amide bonds. The van der Waals surface area contributed by atoms with Gasteiger partial charge in [-0.05, 0) is 32.4 Å². The smallest absolute Gasteiger partial charge is 0.141 e. The Morgan fingerprint density at radius 1 is 1.36 bits per heavy atom. The fourth-order valence-electron chi connectivity index (χ4n) is 2.78. The molecule has 2 aromatic rings. The fourth-order valence-corrected chi connectivity index (χ4v) is 2.96. The lowest BCUT2D eigenvalue weighted by Crippen LogP contribution is -2.26. The predicted octanol–water partition coefficient (Wildman–Crippen LogP) is 3.17. The van der Waals surface area contributed by atoms with Gasteiger partial charge in [0.2, 0.25) is 0 Å². The van der Waals surface area contributed by atoms with Crippen molar-refractivity contribution in [3.05, 3.63) is 41.4 Å². The maximum Gasteiger partial charge on any atom is 0.141 e. The number of aromatic nitrogens is 3. The van der Waals surface area contributed by atoms with E-state index in [2.05, 4.69) is 28.8 Å². The summed E-state index contributed by atoms with van der Waals surface area (Å²) in [6, 6.07) is 7.96. The Labute approximate surface area is 135 Å². The molecular formula is C16H21ClN4O. The van der Waals surface area contributed by atoms with Crippen LogP contribution in [0.25, 0.3) is 0 Å². The Morgan fingerprint density at radius 3 is 2.95 bits per heavy atom. The molecule has 1 aromatic heterocycles. The molecule has 2 heterocycles. The second kappa shape index (κ2) is 6.67. The number of likely N-dealkylation sites (tertiary alicyclic amines) is 1. The van der Waals surface area contributed by atoms with Gasteiger partial charge in [-0.3, -0.25) is 4.90 Å². The van der Waals surface area contributed by atoms with Gasteiger partial charge in [-0.1, -0.05) is 23.7 Å². The molecular weight excluding hydrogens is 300 g/mol. The highest BCUT2D eigenvalue weighted by Crippen LogP contribution is 2.26. The molecule has 0 bridgehead atoms. The second-order valence-electron chi connectivity index (χ2n) is 5.91. The molecule has 1 atom stereocenters. The van der Waals surface area contributed by atoms with Gasteiger partial charge < -0.3 is 4.74 Å². The molecule has 1 aromatic carbocycles. The van der Waals surface area contributed by atoms with Gasteiger partial charge in [0.15, 0.2) is 0 Å². The number of benzene rings is 1. The average molecular weight is 321 g/mol. The summed E-state index contributed by atoms with van der Waals surface area (Å²) in [5, 5.41) is 4.95. The number of rotatable bonds is 5. The third-order valence-electron chi connectivity index (χ3n) is 3.86. The van der Waals surface area contributed by atoms with Gasteiger partial charge in [-0.25, -0.2) is 9.67 Å². The number of nitrogens with zero attached hydrogens (tertiary/aromatic N) is 4. The summed E-state index contributed by atoms with van der Waals surface area (Å²) in [5.41, 5.74) is 0. The lowest BCUT2D eigenvalue weighted by atomic mass is 10.3. The minimum Gasteiger partial charge on any atom is -0.487 e. The predicted molar refractivity (Wildman–Crippen MR) is 86.2 cm³/mol. The third kappa shape index (κ3) is 3.42. The van der Waals surface area contributed by atoms with Crippen molar-refractivity contribution in [3.63, 3.8) is 0 Å². The maximum atomic E-state index is 6.15. The van der Waals surface area contributed by atoms with E-state index in [1.54, 1.807) is 6.33 Å². The van der Waals surface area contributed by atoms with E-state index < -0.39 is 0 Å². The Hall–Kier alpha value is -1.59. The highest BCUT2D eigenvalue weighted by molar-refractivity contribution is 6.32. The van der Waals surface area contributed by atoms with E-state index in [4.69, 9.17) is 16.3 Å². The molecule has 1 fully saturated rings. The molecule has 0 saturated carbocycles. The molecule has 1 saturated heterocycles. The standard InChI is InChI=1S/C16H21ClN4O/c1-12(2)21-16(18-11-19-21)10-20-8-7-13(9-20)22-15-6-4-3-5-14(15)17/h3-6,11-13H,7-10H2,1-2H3/t13-/m1/s1. The molecule has 0 aliphatic carbocycles. The molecule has 0 radical (unpaired) electrons. The van der Waals surface area contributed by atoms with Crippen LogP contribution in [0.1, 0.15) is 32.1 Å². The number of hydrogen-bond donors (Lipinski definition) is 0. The number of hydrogen-bond acceptors (Lipinski definition) is 4. The Morgan fingerprint density at radius 2 is 2.18 bits per heavy atom. The van der Waals surface area contributed by atoms with Crippen LogP contribution >= 0.6 is 11.6 Å². The van der Waals surface area contributed by atoms with Crippen LogP contribution in [0.2, 0.25) is 5.02 Å². The van der Waals surface area contributed by atoms with Crippen molar-refractivity contribution in [1.29, 1.82) is 0 Å². The van der Waals surface area contributed by atoms with E-state index in [1.165, 1.54) is 0 Å². The number of para-hydroxylation sites is 1. The molecule has 0 spiro atoms. The first-order valence-electron chi connectivity index (χ1n) is 7.65. The van der Waals surface area contributed by atoms with Crippen LogP contribution in [0.4, 0.5) is 0 Å². The summed E-state index contributed by atoms with van der Waals surface area (Å²) in [7, 11) is 0. The van der Waals surface area contributed by atoms with E-state index >= 15 is 0 Å². The van der Waals surface area contributed by atoms with Gasteiger partial charge >= 0.3 is 0 Å². The van der Waals surface area contributed by atoms with Crippen LogP contribution < -0.4 is 4.74 Å². The molecule has 1 aliphatic heterocycles. The first-order chi connectivity index (χ1) is 10.6. The van der Waals surface area contributed by atoms with E-state index in [-0.39, 0.29) is 6.10 Å². The lowest BCUT2D eigenvalue weighted by Gasteiger charge is -2.18. The molecule has 1 aliphatic rings. The summed E-state index contributed by atoms with van der Waals surface area (Å²) >= 11 is 6.15. The van der Waals surface area contributed by atoms with Crippen molar-refractivity contribution in [2.75, 3.05) is 13.1 Å². The first kappa shape index (κ1) is 15.3. The topological polar surface area (TPSA) is 43.2 Å². The summed E-state index contributed by atoms with van der Waals surface area (Å²) in [4.78, 5) is 6.72. The highest BCUT2D eigenvalue weighted by Gasteiger charge is 2.26. The van der Waals surface area contributed by atoms with E-state index in [0.29, 0.717) is 11.1 Å². The number of halogens is 1. The normalized spacial score (nSPS) is 19.0. The summed E-state index contributed by atoms with van der Waals surface area (Å²) in [6.45, 7) is 6.92. The Kier molecular flexibility index (Phi) is 4.64. The number of ether oxygens (including phenoxy) is 1. The second-order valence-corrected chi connectivity index (χ2v) is 6.32. The quantitative estimate of drug-likeness (QED) is 0.848. The monoisotopic (exact) mass is 320 g/mol. The van der Waals surface area contributed by atoms with E-state index in [9.17, 15) is 0 Å². The summed E-state index contributed by atoms with van der Waals surface area (Å²) < 4.78 is 7.99. The van der Waals surface area contributed by atoms with Crippen LogP contribution in [0, 0.1) is 0 Å². The minimum atomic E-state index is 0.176. The summed E-state index contributed by atoms with van der Waals surface area (Å²) in [5.74, 6) is 1.77. The zero-order chi connectivity index (χ0) is 15.5. The SMILES string of the molecule is CC(C)n1ncnc1CN1CC[C@@H](Oc2ccccc2Cl)C1. The van der Waals surface area contributed by atoms with Crippen LogP contribution in [-0.4, -0.2) is 38.9 Å². The van der Waals surface area contributed by atoms with Crippen LogP contribution in [0.5, 0.6) is 5.75 Å². The van der Waals surface area contributed by atoms with Gasteiger partial charge in [-0.2, -0.15) is 5.10 Å². The van der Waals surface area contributed by atoms with Gasteiger partial charge in [0.05, 0.1) is 11.6 Å². The molecule has 22 heavy (non-hydrogen) atoms. The van der Waals surface area contributed by atoms with Crippen molar-refractivity contribution in [2.24, 2.45) is 0 Å². The molecule has 6 heteroatoms. The minimum absolute atomic E-state index is 0.176. The van der Waals surface area contributed by atoms with Crippen molar-refractivity contribution in [1.82, 2.24) is 19.7 Å². The lowest BCUT2D eigenvalue weighted by molar-refractivity contribution is 0.196. The van der Waals surface area contributed by atoms with E-state index in [1.807, 2.05) is 28.9 Å². The maximum absolute atomic E-state index is 6.15. The molecule has 118 valence electrons. The zero-order valence-electron chi connectivity index (χ0n) is 12.9. The zero-order valence-corrected chi connectivity index (χ0v) is 13.7. The van der Waals surface area contributed by atoms with Gasteiger partial charge in [-0.15, -0.1) is 0 Å². The van der Waals surface area contributed by atoms with Crippen LogP contribution in [-0.2, 0) is 6.54 Å². The van der Waals surface area contributed by atoms with Crippen LogP contribution in [0.15, 0.2) is 30.6 Å². The van der Waals surface area contributed by atoms with E-state index in [0.717, 1.165) is 37.6 Å². The Bertz CT molecular complexity index is 628. The molecule has 3 rings (SSSR count). The first-order valence-corrected chi connectivity index (χ1v) is 8.03. The molecule has 5 nitrogen and oxygen atoms in total. The fraction of sp³-hybridized carbons (Fsp3) is 0.500. The van der Waals surface area contributed by atoms with Crippen molar-refractivity contribution < 1.29 is 4.74 Å². The van der Waals surface area contributed by atoms with Gasteiger partial charge in [0.25, 0.3) is 0 Å². The van der Waals surface area contributed by atoms with Gasteiger partial charge in [0.1, 0.15) is 24.0 Å². The van der Waals surface area contributed by atoms with Crippen LogP contribution in [0.3, 0.4) is 0 Å². The van der Waals surface area contributed by atoms with Crippen molar-refractivity contribution in [2.45, 2.75) is 39.0 Å². The van der Waals surface area contributed by atoms with Crippen molar-refractivity contribution in [3.8, 4) is 5.75 Å². The Balaban J connectivity index is 1.58. The third-order valence-corrected chi connectivity index (χ3v) is 4.17. The molecule has 0 N–H and O–H groups in total. The van der Waals surface area contributed by atoms with Crippen molar-refractivity contribution >= 4 is 11.6 Å². The molecule has 0 unspecified atom stereocenters. The highest BCUT2D eigenvalue weighted by atomic mass is 35.5. The average Bonchev–Trinajstić information content (AvgIpc) is 3.11. The largest absolute Gasteiger partial charge is 0.487 e.